The second kappa shape index (κ2) is 11.3. The molecule has 2 N–H and O–H groups in total. The quantitative estimate of drug-likeness (QED) is 0.474. The highest BCUT2D eigenvalue weighted by Gasteiger charge is 2.37. The Morgan fingerprint density at radius 3 is 2.08 bits per heavy atom. The van der Waals surface area contributed by atoms with E-state index in [0.29, 0.717) is 5.69 Å². The summed E-state index contributed by atoms with van der Waals surface area (Å²) in [6.07, 6.45) is -0.153. The molecule has 1 aliphatic heterocycles. The van der Waals surface area contributed by atoms with Gasteiger partial charge in [0, 0.05) is 12.1 Å². The molecule has 184 valence electrons. The molecule has 36 heavy (non-hydrogen) atoms. The highest BCUT2D eigenvalue weighted by atomic mass is 19.1. The fourth-order valence-corrected chi connectivity index (χ4v) is 3.94. The van der Waals surface area contributed by atoms with Gasteiger partial charge in [-0.2, -0.15) is 0 Å². The van der Waals surface area contributed by atoms with Crippen molar-refractivity contribution in [2.45, 2.75) is 12.3 Å². The number of hydrazine groups is 1. The summed E-state index contributed by atoms with van der Waals surface area (Å²) in [7, 11) is 0. The van der Waals surface area contributed by atoms with Gasteiger partial charge in [-0.25, -0.2) is 4.39 Å². The van der Waals surface area contributed by atoms with Crippen LogP contribution in [0.15, 0.2) is 84.9 Å². The third-order valence-corrected chi connectivity index (χ3v) is 5.71. The van der Waals surface area contributed by atoms with Crippen molar-refractivity contribution in [3.8, 4) is 0 Å². The van der Waals surface area contributed by atoms with E-state index in [1.54, 1.807) is 0 Å². The van der Waals surface area contributed by atoms with Crippen LogP contribution in [0.1, 0.15) is 23.5 Å². The minimum atomic E-state index is -0.830. The molecule has 0 spiro atoms. The van der Waals surface area contributed by atoms with E-state index in [-0.39, 0.29) is 13.0 Å². The zero-order chi connectivity index (χ0) is 25.5. The maximum atomic E-state index is 13.2. The summed E-state index contributed by atoms with van der Waals surface area (Å²) >= 11 is 0. The first-order valence-electron chi connectivity index (χ1n) is 11.3. The van der Waals surface area contributed by atoms with E-state index in [9.17, 15) is 23.6 Å². The summed E-state index contributed by atoms with van der Waals surface area (Å²) in [6.45, 7) is -0.628. The molecule has 1 fully saturated rings. The second-order valence-corrected chi connectivity index (χ2v) is 8.30. The average Bonchev–Trinajstić information content (AvgIpc) is 3.25. The molecule has 0 bridgehead atoms. The van der Waals surface area contributed by atoms with E-state index in [1.807, 2.05) is 60.7 Å². The molecule has 9 heteroatoms. The van der Waals surface area contributed by atoms with Gasteiger partial charge in [-0.3, -0.25) is 29.6 Å². The highest BCUT2D eigenvalue weighted by Crippen LogP contribution is 2.26. The maximum absolute atomic E-state index is 13.2. The molecule has 3 amide bonds. The molecule has 8 nitrogen and oxygen atoms in total. The van der Waals surface area contributed by atoms with Crippen molar-refractivity contribution in [1.29, 1.82) is 0 Å². The lowest BCUT2D eigenvalue weighted by Gasteiger charge is -2.23. The van der Waals surface area contributed by atoms with Crippen LogP contribution < -0.4 is 10.7 Å². The lowest BCUT2D eigenvalue weighted by molar-refractivity contribution is -0.151. The Bertz CT molecular complexity index is 1200. The van der Waals surface area contributed by atoms with Crippen LogP contribution >= 0.6 is 0 Å². The normalized spacial score (nSPS) is 15.0. The first-order valence-corrected chi connectivity index (χ1v) is 11.3. The van der Waals surface area contributed by atoms with Crippen molar-refractivity contribution in [1.82, 2.24) is 10.4 Å². The number of amides is 3. The summed E-state index contributed by atoms with van der Waals surface area (Å²) < 4.78 is 18.0. The van der Waals surface area contributed by atoms with Crippen LogP contribution in [-0.4, -0.2) is 41.9 Å². The number of ether oxygens (including phenoxy) is 1. The van der Waals surface area contributed by atoms with Gasteiger partial charge in [-0.1, -0.05) is 60.7 Å². The first kappa shape index (κ1) is 24.6. The SMILES string of the molecule is O=C(COC(=O)[C@H]1CC(=O)N(NC(=O)C(c2ccccc2)c2ccccc2)C1)Nc1ccc(F)cc1. The van der Waals surface area contributed by atoms with Crippen LogP contribution in [0.3, 0.4) is 0 Å². The Labute approximate surface area is 207 Å². The van der Waals surface area contributed by atoms with E-state index in [1.165, 1.54) is 24.3 Å². The van der Waals surface area contributed by atoms with Crippen LogP contribution in [0.25, 0.3) is 0 Å². The third kappa shape index (κ3) is 6.12. The summed E-state index contributed by atoms with van der Waals surface area (Å²) in [5, 5.41) is 3.60. The van der Waals surface area contributed by atoms with E-state index in [0.717, 1.165) is 16.1 Å². The number of carbonyl (C=O) groups excluding carboxylic acids is 4. The number of rotatable bonds is 8. The Balaban J connectivity index is 1.34. The average molecular weight is 490 g/mol. The van der Waals surface area contributed by atoms with Gasteiger partial charge in [0.1, 0.15) is 5.82 Å². The van der Waals surface area contributed by atoms with Gasteiger partial charge in [0.05, 0.1) is 18.4 Å². The van der Waals surface area contributed by atoms with Crippen molar-refractivity contribution in [3.05, 3.63) is 102 Å². The van der Waals surface area contributed by atoms with Crippen LogP contribution in [0.5, 0.6) is 0 Å². The molecule has 1 aliphatic rings. The van der Waals surface area contributed by atoms with Crippen LogP contribution in [0, 0.1) is 11.7 Å². The third-order valence-electron chi connectivity index (χ3n) is 5.71. The molecule has 0 saturated carbocycles. The Kier molecular flexibility index (Phi) is 7.69. The van der Waals surface area contributed by atoms with Crippen molar-refractivity contribution in [2.75, 3.05) is 18.5 Å². The summed E-state index contributed by atoms with van der Waals surface area (Å²) in [5.41, 5.74) is 4.52. The number of carbonyl (C=O) groups is 4. The molecule has 4 rings (SSSR count). The number of benzene rings is 3. The van der Waals surface area contributed by atoms with Crippen LogP contribution in [0.4, 0.5) is 10.1 Å². The molecule has 3 aromatic carbocycles. The Hall–Kier alpha value is -4.53. The molecule has 1 saturated heterocycles. The minimum Gasteiger partial charge on any atom is -0.455 e. The van der Waals surface area contributed by atoms with Gasteiger partial charge in [-0.15, -0.1) is 0 Å². The second-order valence-electron chi connectivity index (χ2n) is 8.30. The van der Waals surface area contributed by atoms with E-state index < -0.39 is 48.0 Å². The molecule has 0 aromatic heterocycles. The fraction of sp³-hybridized carbons (Fsp3) is 0.185. The summed E-state index contributed by atoms with van der Waals surface area (Å²) in [4.78, 5) is 50.2. The molecule has 3 aromatic rings. The van der Waals surface area contributed by atoms with Gasteiger partial charge in [0.25, 0.3) is 11.8 Å². The van der Waals surface area contributed by atoms with E-state index in [4.69, 9.17) is 4.74 Å². The molecule has 0 unspecified atom stereocenters. The number of hydrogen-bond donors (Lipinski definition) is 2. The Morgan fingerprint density at radius 2 is 1.50 bits per heavy atom. The topological polar surface area (TPSA) is 105 Å². The zero-order valence-electron chi connectivity index (χ0n) is 19.2. The van der Waals surface area contributed by atoms with E-state index in [2.05, 4.69) is 10.7 Å². The van der Waals surface area contributed by atoms with Crippen molar-refractivity contribution in [2.24, 2.45) is 5.92 Å². The lowest BCUT2D eigenvalue weighted by Crippen LogP contribution is -2.45. The Morgan fingerprint density at radius 1 is 0.917 bits per heavy atom. The highest BCUT2D eigenvalue weighted by molar-refractivity contribution is 5.94. The monoisotopic (exact) mass is 489 g/mol. The van der Waals surface area contributed by atoms with Crippen LogP contribution in [-0.2, 0) is 23.9 Å². The molecule has 0 aliphatic carbocycles. The fourth-order valence-electron chi connectivity index (χ4n) is 3.94. The summed E-state index contributed by atoms with van der Waals surface area (Å²) in [6, 6.07) is 23.5. The van der Waals surface area contributed by atoms with Crippen molar-refractivity contribution >= 4 is 29.4 Å². The van der Waals surface area contributed by atoms with Gasteiger partial charge in [-0.05, 0) is 35.4 Å². The maximum Gasteiger partial charge on any atom is 0.311 e. The minimum absolute atomic E-state index is 0.0702. The molecule has 1 heterocycles. The summed E-state index contributed by atoms with van der Waals surface area (Å²) in [5.74, 6) is -4.09. The molecular formula is C27H24FN3O5. The zero-order valence-corrected chi connectivity index (χ0v) is 19.2. The predicted octanol–water partition coefficient (Wildman–Crippen LogP) is 3.02. The molecular weight excluding hydrogens is 465 g/mol. The van der Waals surface area contributed by atoms with Gasteiger partial charge >= 0.3 is 5.97 Å². The number of hydrogen-bond acceptors (Lipinski definition) is 5. The van der Waals surface area contributed by atoms with Gasteiger partial charge in [0.2, 0.25) is 5.91 Å². The largest absolute Gasteiger partial charge is 0.455 e. The van der Waals surface area contributed by atoms with Crippen molar-refractivity contribution in [3.63, 3.8) is 0 Å². The number of anilines is 1. The lowest BCUT2D eigenvalue weighted by atomic mass is 9.91. The van der Waals surface area contributed by atoms with Gasteiger partial charge < -0.3 is 10.1 Å². The predicted molar refractivity (Wildman–Crippen MR) is 129 cm³/mol. The van der Waals surface area contributed by atoms with Crippen molar-refractivity contribution < 1.29 is 28.3 Å². The number of nitrogens with zero attached hydrogens (tertiary/aromatic N) is 1. The standard InChI is InChI=1S/C27H24FN3O5/c28-21-11-13-22(14-12-21)29-23(32)17-36-27(35)20-15-24(33)31(16-20)30-26(34)25(18-7-3-1-4-8-18)19-9-5-2-6-10-19/h1-14,20,25H,15-17H2,(H,29,32)(H,30,34)/t20-/m0/s1. The molecule has 1 atom stereocenters. The number of halogens is 1. The van der Waals surface area contributed by atoms with E-state index >= 15 is 0 Å². The number of esters is 1. The van der Waals surface area contributed by atoms with Gasteiger partial charge in [0.15, 0.2) is 6.61 Å². The van der Waals surface area contributed by atoms with Crippen LogP contribution in [0.2, 0.25) is 0 Å². The molecule has 0 radical (unpaired) electrons. The number of nitrogens with one attached hydrogen (secondary N) is 2. The first-order chi connectivity index (χ1) is 17.4. The smallest absolute Gasteiger partial charge is 0.311 e.